The molecule has 9 heteroatoms. The van der Waals surface area contributed by atoms with Crippen molar-refractivity contribution in [1.29, 1.82) is 0 Å². The highest BCUT2D eigenvalue weighted by Crippen LogP contribution is 2.34. The fourth-order valence-electron chi connectivity index (χ4n) is 4.38. The predicted octanol–water partition coefficient (Wildman–Crippen LogP) is 3.45. The number of amides is 3. The highest BCUT2D eigenvalue weighted by atomic mass is 16.7. The molecule has 1 atom stereocenters. The zero-order chi connectivity index (χ0) is 25.7. The number of rotatable bonds is 8. The van der Waals surface area contributed by atoms with Crippen LogP contribution < -0.4 is 24.8 Å². The Morgan fingerprint density at radius 1 is 1.03 bits per heavy atom. The molecule has 0 aromatic heterocycles. The van der Waals surface area contributed by atoms with Crippen LogP contribution >= 0.6 is 0 Å². The monoisotopic (exact) mass is 495 g/mol. The van der Waals surface area contributed by atoms with Gasteiger partial charge < -0.3 is 29.7 Å². The van der Waals surface area contributed by atoms with E-state index < -0.39 is 6.04 Å². The minimum Gasteiger partial charge on any atom is -0.494 e. The van der Waals surface area contributed by atoms with Gasteiger partial charge in [0, 0.05) is 36.3 Å². The third-order valence-electron chi connectivity index (χ3n) is 6.46. The van der Waals surface area contributed by atoms with Crippen LogP contribution in [0.15, 0.2) is 42.5 Å². The van der Waals surface area contributed by atoms with Gasteiger partial charge in [-0.1, -0.05) is 13.8 Å². The van der Waals surface area contributed by atoms with Gasteiger partial charge in [-0.2, -0.15) is 0 Å². The van der Waals surface area contributed by atoms with E-state index >= 15 is 0 Å². The van der Waals surface area contributed by atoms with E-state index in [9.17, 15) is 14.4 Å². The van der Waals surface area contributed by atoms with Crippen molar-refractivity contribution in [1.82, 2.24) is 10.2 Å². The van der Waals surface area contributed by atoms with E-state index in [1.165, 1.54) is 0 Å². The number of piperidine rings is 1. The van der Waals surface area contributed by atoms with Crippen LogP contribution in [0.3, 0.4) is 0 Å². The molecule has 1 fully saturated rings. The van der Waals surface area contributed by atoms with Gasteiger partial charge in [0.25, 0.3) is 5.91 Å². The molecule has 0 aliphatic carbocycles. The number of ether oxygens (including phenoxy) is 3. The Bertz CT molecular complexity index is 1090. The van der Waals surface area contributed by atoms with Crippen molar-refractivity contribution in [2.45, 2.75) is 39.7 Å². The Labute approximate surface area is 211 Å². The van der Waals surface area contributed by atoms with Crippen molar-refractivity contribution in [3.8, 4) is 17.2 Å². The summed E-state index contributed by atoms with van der Waals surface area (Å²) in [4.78, 5) is 40.6. The number of likely N-dealkylation sites (tertiary alicyclic amines) is 1. The summed E-state index contributed by atoms with van der Waals surface area (Å²) in [6.45, 7) is 7.36. The molecule has 0 spiro atoms. The molecule has 2 heterocycles. The molecular weight excluding hydrogens is 462 g/mol. The second kappa shape index (κ2) is 11.3. The maximum Gasteiger partial charge on any atom is 0.251 e. The number of carbonyl (C=O) groups excluding carboxylic acids is 3. The maximum atomic E-state index is 13.3. The molecule has 2 N–H and O–H groups in total. The number of hydrogen-bond acceptors (Lipinski definition) is 6. The summed E-state index contributed by atoms with van der Waals surface area (Å²) in [5.74, 6) is 1.17. The van der Waals surface area contributed by atoms with Crippen LogP contribution in [-0.2, 0) is 9.59 Å². The number of benzene rings is 2. The number of nitrogens with one attached hydrogen (secondary N) is 2. The van der Waals surface area contributed by atoms with Crippen molar-refractivity contribution >= 4 is 23.4 Å². The minimum atomic E-state index is -0.650. The lowest BCUT2D eigenvalue weighted by Crippen LogP contribution is -2.53. The van der Waals surface area contributed by atoms with Crippen LogP contribution in [0.25, 0.3) is 0 Å². The first kappa shape index (κ1) is 25.3. The largest absolute Gasteiger partial charge is 0.494 e. The SMILES string of the molecule is CCOc1ccc(C(=O)N[C@H](C(=O)N2CCC(C(=O)Nc3ccc4c(c3)OCO4)CC2)C(C)C)cc1. The van der Waals surface area contributed by atoms with E-state index in [4.69, 9.17) is 14.2 Å². The molecule has 192 valence electrons. The zero-order valence-electron chi connectivity index (χ0n) is 20.9. The summed E-state index contributed by atoms with van der Waals surface area (Å²) in [6, 6.07) is 11.5. The zero-order valence-corrected chi connectivity index (χ0v) is 20.9. The molecule has 2 aromatic carbocycles. The van der Waals surface area contributed by atoms with Gasteiger partial charge in [-0.3, -0.25) is 14.4 Å². The molecule has 0 radical (unpaired) electrons. The fraction of sp³-hybridized carbons (Fsp3) is 0.444. The van der Waals surface area contributed by atoms with Gasteiger partial charge in [-0.05, 0) is 62.1 Å². The summed E-state index contributed by atoms with van der Waals surface area (Å²) < 4.78 is 16.1. The van der Waals surface area contributed by atoms with Crippen molar-refractivity contribution in [3.63, 3.8) is 0 Å². The highest BCUT2D eigenvalue weighted by molar-refractivity contribution is 5.98. The van der Waals surface area contributed by atoms with Crippen LogP contribution in [0.5, 0.6) is 17.2 Å². The lowest BCUT2D eigenvalue weighted by molar-refractivity contribution is -0.137. The molecule has 9 nitrogen and oxygen atoms in total. The Balaban J connectivity index is 1.30. The number of nitrogens with zero attached hydrogens (tertiary/aromatic N) is 1. The van der Waals surface area contributed by atoms with Crippen LogP contribution in [0.2, 0.25) is 0 Å². The average Bonchev–Trinajstić information content (AvgIpc) is 3.35. The summed E-state index contributed by atoms with van der Waals surface area (Å²) in [5, 5.41) is 5.83. The highest BCUT2D eigenvalue weighted by Gasteiger charge is 2.33. The maximum absolute atomic E-state index is 13.3. The summed E-state index contributed by atoms with van der Waals surface area (Å²) >= 11 is 0. The van der Waals surface area contributed by atoms with E-state index in [1.807, 2.05) is 20.8 Å². The fourth-order valence-corrected chi connectivity index (χ4v) is 4.38. The molecule has 2 aromatic rings. The van der Waals surface area contributed by atoms with Crippen LogP contribution in [0, 0.1) is 11.8 Å². The van der Waals surface area contributed by atoms with E-state index in [1.54, 1.807) is 47.4 Å². The minimum absolute atomic E-state index is 0.0785. The Kier molecular flexibility index (Phi) is 7.97. The lowest BCUT2D eigenvalue weighted by atomic mass is 9.94. The van der Waals surface area contributed by atoms with Crippen molar-refractivity contribution in [3.05, 3.63) is 48.0 Å². The summed E-state index contributed by atoms with van der Waals surface area (Å²) in [5.41, 5.74) is 1.12. The molecule has 3 amide bonds. The van der Waals surface area contributed by atoms with E-state index in [0.717, 1.165) is 0 Å². The molecule has 0 unspecified atom stereocenters. The standard InChI is InChI=1S/C27H33N3O6/c1-4-34-21-8-5-18(6-9-21)26(32)29-24(17(2)3)27(33)30-13-11-19(12-14-30)25(31)28-20-7-10-22-23(15-20)36-16-35-22/h5-10,15,17,19,24H,4,11-14,16H2,1-3H3,(H,28,31)(H,29,32)/t24-/m0/s1. The van der Waals surface area contributed by atoms with Gasteiger partial charge in [0.15, 0.2) is 11.5 Å². The van der Waals surface area contributed by atoms with Crippen molar-refractivity contribution < 1.29 is 28.6 Å². The Morgan fingerprint density at radius 2 is 1.72 bits per heavy atom. The Morgan fingerprint density at radius 3 is 2.39 bits per heavy atom. The molecular formula is C27H33N3O6. The Hall–Kier alpha value is -3.75. The van der Waals surface area contributed by atoms with E-state index in [-0.39, 0.29) is 36.4 Å². The van der Waals surface area contributed by atoms with Crippen LogP contribution in [0.1, 0.15) is 44.0 Å². The predicted molar refractivity (Wildman–Crippen MR) is 134 cm³/mol. The second-order valence-corrected chi connectivity index (χ2v) is 9.31. The first-order valence-corrected chi connectivity index (χ1v) is 12.4. The number of carbonyl (C=O) groups is 3. The molecule has 2 aliphatic rings. The molecule has 0 bridgehead atoms. The topological polar surface area (TPSA) is 106 Å². The van der Waals surface area contributed by atoms with Crippen molar-refractivity contribution in [2.24, 2.45) is 11.8 Å². The number of anilines is 1. The summed E-state index contributed by atoms with van der Waals surface area (Å²) in [6.07, 6.45) is 1.11. The lowest BCUT2D eigenvalue weighted by Gasteiger charge is -2.35. The molecule has 2 aliphatic heterocycles. The van der Waals surface area contributed by atoms with Gasteiger partial charge in [0.1, 0.15) is 11.8 Å². The van der Waals surface area contributed by atoms with E-state index in [0.29, 0.717) is 61.0 Å². The van der Waals surface area contributed by atoms with Gasteiger partial charge in [-0.15, -0.1) is 0 Å². The smallest absolute Gasteiger partial charge is 0.251 e. The first-order valence-electron chi connectivity index (χ1n) is 12.4. The second-order valence-electron chi connectivity index (χ2n) is 9.31. The number of hydrogen-bond donors (Lipinski definition) is 2. The third kappa shape index (κ3) is 5.90. The van der Waals surface area contributed by atoms with Crippen molar-refractivity contribution in [2.75, 3.05) is 31.8 Å². The first-order chi connectivity index (χ1) is 17.4. The van der Waals surface area contributed by atoms with Gasteiger partial charge in [0.2, 0.25) is 18.6 Å². The van der Waals surface area contributed by atoms with Gasteiger partial charge in [0.05, 0.1) is 6.61 Å². The van der Waals surface area contributed by atoms with E-state index in [2.05, 4.69) is 10.6 Å². The normalized spacial score (nSPS) is 15.9. The molecule has 36 heavy (non-hydrogen) atoms. The summed E-state index contributed by atoms with van der Waals surface area (Å²) in [7, 11) is 0. The molecule has 4 rings (SSSR count). The third-order valence-corrected chi connectivity index (χ3v) is 6.46. The van der Waals surface area contributed by atoms with Crippen LogP contribution in [0.4, 0.5) is 5.69 Å². The molecule has 0 saturated carbocycles. The van der Waals surface area contributed by atoms with Crippen LogP contribution in [-0.4, -0.2) is 55.2 Å². The average molecular weight is 496 g/mol. The quantitative estimate of drug-likeness (QED) is 0.581. The number of fused-ring (bicyclic) bond motifs is 1. The molecule has 1 saturated heterocycles. The van der Waals surface area contributed by atoms with Gasteiger partial charge >= 0.3 is 0 Å². The van der Waals surface area contributed by atoms with Gasteiger partial charge in [-0.25, -0.2) is 0 Å².